The van der Waals surface area contributed by atoms with Gasteiger partial charge in [-0.2, -0.15) is 0 Å². The van der Waals surface area contributed by atoms with Gasteiger partial charge in [0.1, 0.15) is 0 Å². The minimum absolute atomic E-state index is 0.309. The van der Waals surface area contributed by atoms with Gasteiger partial charge < -0.3 is 0 Å². The molecule has 0 heterocycles. The van der Waals surface area contributed by atoms with Crippen molar-refractivity contribution in [1.29, 1.82) is 0 Å². The molecule has 56 valence electrons. The first-order valence-corrected chi connectivity index (χ1v) is 3.88. The quantitative estimate of drug-likeness (QED) is 0.546. The average Bonchev–Trinajstić information content (AvgIpc) is 2.06. The molecule has 1 aromatic carbocycles. The van der Waals surface area contributed by atoms with Gasteiger partial charge in [-0.15, -0.1) is 4.91 Å². The van der Waals surface area contributed by atoms with Crippen molar-refractivity contribution in [2.75, 3.05) is 0 Å². The molecule has 0 aliphatic rings. The molecule has 1 aromatic rings. The maximum Gasteiger partial charge on any atom is 0.151 e. The molecule has 0 saturated heterocycles. The molecule has 3 heteroatoms. The van der Waals surface area contributed by atoms with Crippen molar-refractivity contribution in [3.63, 3.8) is 0 Å². The Labute approximate surface area is 73.0 Å². The highest BCUT2D eigenvalue weighted by molar-refractivity contribution is 9.11. The molecule has 0 bridgehead atoms. The summed E-state index contributed by atoms with van der Waals surface area (Å²) in [4.78, 5) is 9.94. The van der Waals surface area contributed by atoms with Gasteiger partial charge in [0, 0.05) is 0 Å². The highest BCUT2D eigenvalue weighted by Crippen LogP contribution is 2.11. The Hall–Kier alpha value is -0.960. The lowest BCUT2D eigenvalue weighted by molar-refractivity contribution is 1.52. The minimum Gasteiger partial charge on any atom is -0.144 e. The fourth-order valence-corrected chi connectivity index (χ4v) is 0.977. The van der Waals surface area contributed by atoms with E-state index in [1.807, 2.05) is 30.3 Å². The largest absolute Gasteiger partial charge is 0.151 e. The summed E-state index contributed by atoms with van der Waals surface area (Å²) in [6.07, 6.45) is 1.66. The first-order valence-electron chi connectivity index (χ1n) is 3.08. The molecule has 0 unspecified atom stereocenters. The Balaban J connectivity index is 2.87. The smallest absolute Gasteiger partial charge is 0.144 e. The molecule has 0 saturated carbocycles. The molecule has 11 heavy (non-hydrogen) atoms. The molecule has 0 amide bonds. The van der Waals surface area contributed by atoms with Crippen molar-refractivity contribution in [2.45, 2.75) is 0 Å². The lowest BCUT2D eigenvalue weighted by Gasteiger charge is -1.89. The lowest BCUT2D eigenvalue weighted by Crippen LogP contribution is -1.68. The van der Waals surface area contributed by atoms with Crippen LogP contribution in [0.3, 0.4) is 0 Å². The topological polar surface area (TPSA) is 29.4 Å². The van der Waals surface area contributed by atoms with Crippen molar-refractivity contribution in [3.8, 4) is 0 Å². The zero-order valence-electron chi connectivity index (χ0n) is 5.70. The fourth-order valence-electron chi connectivity index (χ4n) is 0.713. The van der Waals surface area contributed by atoms with Crippen molar-refractivity contribution in [2.24, 2.45) is 5.18 Å². The van der Waals surface area contributed by atoms with Crippen LogP contribution in [-0.4, -0.2) is 0 Å². The Morgan fingerprint density at radius 1 is 1.36 bits per heavy atom. The molecule has 0 atom stereocenters. The molecule has 0 aromatic heterocycles. The second-order valence-corrected chi connectivity index (χ2v) is 2.78. The van der Waals surface area contributed by atoms with Gasteiger partial charge in [0.2, 0.25) is 0 Å². The summed E-state index contributed by atoms with van der Waals surface area (Å²) in [6.45, 7) is 0. The number of hydrogen-bond donors (Lipinski definition) is 0. The molecule has 1 rings (SSSR count). The molecule has 0 aliphatic carbocycles. The normalized spacial score (nSPS) is 11.2. The van der Waals surface area contributed by atoms with E-state index in [0.29, 0.717) is 4.61 Å². The summed E-state index contributed by atoms with van der Waals surface area (Å²) in [7, 11) is 0. The molecule has 0 radical (unpaired) electrons. The van der Waals surface area contributed by atoms with Crippen LogP contribution < -0.4 is 0 Å². The van der Waals surface area contributed by atoms with Crippen molar-refractivity contribution >= 4 is 22.0 Å². The van der Waals surface area contributed by atoms with Crippen LogP contribution in [0.5, 0.6) is 0 Å². The van der Waals surface area contributed by atoms with Gasteiger partial charge in [-0.05, 0) is 32.7 Å². The molecule has 0 aliphatic heterocycles. The summed E-state index contributed by atoms with van der Waals surface area (Å²) < 4.78 is 0.309. The van der Waals surface area contributed by atoms with Crippen LogP contribution in [0.4, 0.5) is 0 Å². The number of halogens is 1. The standard InChI is InChI=1S/C8H6BrNO/c9-8(10-11)6-7-4-2-1-3-5-7/h1-6H/b8-6+. The average molecular weight is 212 g/mol. The zero-order valence-corrected chi connectivity index (χ0v) is 7.28. The summed E-state index contributed by atoms with van der Waals surface area (Å²) in [5.41, 5.74) is 0.957. The van der Waals surface area contributed by atoms with Crippen LogP contribution >= 0.6 is 15.9 Å². The first kappa shape index (κ1) is 8.14. The van der Waals surface area contributed by atoms with Crippen LogP contribution in [0, 0.1) is 4.91 Å². The summed E-state index contributed by atoms with van der Waals surface area (Å²) in [5, 5.41) is 2.71. The molecule has 0 spiro atoms. The second kappa shape index (κ2) is 4.03. The second-order valence-electron chi connectivity index (χ2n) is 1.97. The number of rotatable bonds is 2. The summed E-state index contributed by atoms with van der Waals surface area (Å²) >= 11 is 3.00. The van der Waals surface area contributed by atoms with E-state index >= 15 is 0 Å². The molecule has 0 fully saturated rings. The Kier molecular flexibility index (Phi) is 2.98. The van der Waals surface area contributed by atoms with Gasteiger partial charge in [0.25, 0.3) is 0 Å². The van der Waals surface area contributed by atoms with Crippen molar-refractivity contribution in [1.82, 2.24) is 0 Å². The summed E-state index contributed by atoms with van der Waals surface area (Å²) in [6, 6.07) is 9.51. The SMILES string of the molecule is O=N/C(Br)=C/c1ccccc1. The third-order valence-electron chi connectivity index (χ3n) is 1.17. The highest BCUT2D eigenvalue weighted by Gasteiger charge is 1.88. The number of benzene rings is 1. The van der Waals surface area contributed by atoms with E-state index in [1.54, 1.807) is 6.08 Å². The van der Waals surface area contributed by atoms with E-state index in [0.717, 1.165) is 5.56 Å². The van der Waals surface area contributed by atoms with Gasteiger partial charge in [0.15, 0.2) is 4.61 Å². The molecule has 0 N–H and O–H groups in total. The van der Waals surface area contributed by atoms with Crippen LogP contribution in [-0.2, 0) is 0 Å². The predicted molar refractivity (Wildman–Crippen MR) is 49.1 cm³/mol. The Morgan fingerprint density at radius 3 is 2.55 bits per heavy atom. The Bertz CT molecular complexity index is 269. The predicted octanol–water partition coefficient (Wildman–Crippen LogP) is 3.15. The van der Waals surface area contributed by atoms with Crippen LogP contribution in [0.25, 0.3) is 6.08 Å². The lowest BCUT2D eigenvalue weighted by atomic mass is 10.2. The minimum atomic E-state index is 0.309. The van der Waals surface area contributed by atoms with E-state index in [4.69, 9.17) is 0 Å². The van der Waals surface area contributed by atoms with Gasteiger partial charge >= 0.3 is 0 Å². The zero-order chi connectivity index (χ0) is 8.10. The van der Waals surface area contributed by atoms with E-state index in [-0.39, 0.29) is 0 Å². The number of hydrogen-bond acceptors (Lipinski definition) is 2. The maximum atomic E-state index is 9.94. The van der Waals surface area contributed by atoms with Crippen molar-refractivity contribution in [3.05, 3.63) is 45.4 Å². The van der Waals surface area contributed by atoms with E-state index in [2.05, 4.69) is 21.1 Å². The number of nitrogens with zero attached hydrogens (tertiary/aromatic N) is 1. The van der Waals surface area contributed by atoms with Crippen LogP contribution in [0.1, 0.15) is 5.56 Å². The third kappa shape index (κ3) is 2.63. The van der Waals surface area contributed by atoms with Gasteiger partial charge in [-0.3, -0.25) is 0 Å². The third-order valence-corrected chi connectivity index (χ3v) is 1.55. The van der Waals surface area contributed by atoms with E-state index < -0.39 is 0 Å². The van der Waals surface area contributed by atoms with Gasteiger partial charge in [0.05, 0.1) is 0 Å². The Morgan fingerprint density at radius 2 is 2.00 bits per heavy atom. The molecular weight excluding hydrogens is 206 g/mol. The van der Waals surface area contributed by atoms with Gasteiger partial charge in [-0.25, -0.2) is 0 Å². The van der Waals surface area contributed by atoms with Crippen LogP contribution in [0.2, 0.25) is 0 Å². The van der Waals surface area contributed by atoms with E-state index in [1.165, 1.54) is 0 Å². The maximum absolute atomic E-state index is 9.94. The fraction of sp³-hybridized carbons (Fsp3) is 0. The van der Waals surface area contributed by atoms with Gasteiger partial charge in [-0.1, -0.05) is 30.3 Å². The monoisotopic (exact) mass is 211 g/mol. The van der Waals surface area contributed by atoms with Crippen LogP contribution in [0.15, 0.2) is 40.1 Å². The van der Waals surface area contributed by atoms with E-state index in [9.17, 15) is 4.91 Å². The number of nitroso groups, excluding NO2 is 1. The summed E-state index contributed by atoms with van der Waals surface area (Å²) in [5.74, 6) is 0. The first-order chi connectivity index (χ1) is 5.33. The van der Waals surface area contributed by atoms with Crippen molar-refractivity contribution < 1.29 is 0 Å². The molecular formula is C8H6BrNO. The highest BCUT2D eigenvalue weighted by atomic mass is 79.9. The molecule has 2 nitrogen and oxygen atoms in total.